The smallest absolute Gasteiger partial charge is 0.246 e. The SMILES string of the molecule is COCCOCCc1noc(C2(N)CCCC2)n1. The Labute approximate surface area is 107 Å². The van der Waals surface area contributed by atoms with Gasteiger partial charge >= 0.3 is 0 Å². The summed E-state index contributed by atoms with van der Waals surface area (Å²) in [5.41, 5.74) is 5.84. The van der Waals surface area contributed by atoms with E-state index in [1.807, 2.05) is 0 Å². The Kier molecular flexibility index (Phi) is 4.68. The molecular weight excluding hydrogens is 234 g/mol. The van der Waals surface area contributed by atoms with E-state index >= 15 is 0 Å². The summed E-state index contributed by atoms with van der Waals surface area (Å²) in [6, 6.07) is 0. The summed E-state index contributed by atoms with van der Waals surface area (Å²) < 4.78 is 15.5. The van der Waals surface area contributed by atoms with Crippen molar-refractivity contribution >= 4 is 0 Å². The number of aromatic nitrogens is 2. The summed E-state index contributed by atoms with van der Waals surface area (Å²) in [6.07, 6.45) is 4.77. The summed E-state index contributed by atoms with van der Waals surface area (Å²) in [7, 11) is 1.65. The van der Waals surface area contributed by atoms with Crippen LogP contribution in [0.5, 0.6) is 0 Å². The van der Waals surface area contributed by atoms with Crippen LogP contribution in [0.4, 0.5) is 0 Å². The van der Waals surface area contributed by atoms with Gasteiger partial charge in [-0.1, -0.05) is 18.0 Å². The molecule has 1 aliphatic carbocycles. The van der Waals surface area contributed by atoms with E-state index in [4.69, 9.17) is 19.7 Å². The van der Waals surface area contributed by atoms with E-state index < -0.39 is 5.54 Å². The topological polar surface area (TPSA) is 83.4 Å². The minimum absolute atomic E-state index is 0.401. The number of nitrogens with zero attached hydrogens (tertiary/aromatic N) is 2. The summed E-state index contributed by atoms with van der Waals surface area (Å²) in [5.74, 6) is 1.24. The second-order valence-corrected chi connectivity index (χ2v) is 4.73. The monoisotopic (exact) mass is 255 g/mol. The largest absolute Gasteiger partial charge is 0.382 e. The Hall–Kier alpha value is -0.980. The summed E-state index contributed by atoms with van der Waals surface area (Å²) in [6.45, 7) is 1.76. The van der Waals surface area contributed by atoms with E-state index in [0.29, 0.717) is 38.0 Å². The standard InChI is InChI=1S/C12H21N3O3/c1-16-8-9-17-7-4-10-14-11(18-15-10)12(13)5-2-3-6-12/h2-9,13H2,1H3. The minimum atomic E-state index is -0.401. The first-order valence-corrected chi connectivity index (χ1v) is 6.43. The van der Waals surface area contributed by atoms with Crippen molar-refractivity contribution in [1.29, 1.82) is 0 Å². The zero-order valence-electron chi connectivity index (χ0n) is 10.9. The average Bonchev–Trinajstić information content (AvgIpc) is 2.99. The van der Waals surface area contributed by atoms with Crippen molar-refractivity contribution in [3.63, 3.8) is 0 Å². The first-order valence-electron chi connectivity index (χ1n) is 6.43. The molecule has 6 nitrogen and oxygen atoms in total. The van der Waals surface area contributed by atoms with E-state index in [2.05, 4.69) is 10.1 Å². The van der Waals surface area contributed by atoms with Crippen LogP contribution >= 0.6 is 0 Å². The van der Waals surface area contributed by atoms with Crippen LogP contribution in [-0.2, 0) is 21.4 Å². The van der Waals surface area contributed by atoms with Crippen LogP contribution in [0.25, 0.3) is 0 Å². The summed E-state index contributed by atoms with van der Waals surface area (Å²) in [5, 5.41) is 3.95. The first-order chi connectivity index (χ1) is 8.74. The van der Waals surface area contributed by atoms with Gasteiger partial charge in [-0.15, -0.1) is 0 Å². The highest BCUT2D eigenvalue weighted by Gasteiger charge is 2.36. The molecule has 1 aromatic rings. The van der Waals surface area contributed by atoms with Gasteiger partial charge in [0, 0.05) is 13.5 Å². The zero-order chi connectivity index (χ0) is 12.8. The highest BCUT2D eigenvalue weighted by molar-refractivity contribution is 5.04. The molecule has 1 saturated carbocycles. The van der Waals surface area contributed by atoms with Crippen molar-refractivity contribution < 1.29 is 14.0 Å². The lowest BCUT2D eigenvalue weighted by atomic mass is 9.99. The normalized spacial score (nSPS) is 18.3. The molecule has 0 radical (unpaired) electrons. The van der Waals surface area contributed by atoms with E-state index in [-0.39, 0.29) is 0 Å². The second kappa shape index (κ2) is 6.26. The van der Waals surface area contributed by atoms with Crippen molar-refractivity contribution in [3.05, 3.63) is 11.7 Å². The number of methoxy groups -OCH3 is 1. The summed E-state index contributed by atoms with van der Waals surface area (Å²) in [4.78, 5) is 4.37. The molecule has 6 heteroatoms. The van der Waals surface area contributed by atoms with Gasteiger partial charge in [0.25, 0.3) is 0 Å². The molecule has 0 unspecified atom stereocenters. The first kappa shape index (κ1) is 13.5. The van der Waals surface area contributed by atoms with Crippen molar-refractivity contribution in [1.82, 2.24) is 10.1 Å². The number of ether oxygens (including phenoxy) is 2. The zero-order valence-corrected chi connectivity index (χ0v) is 10.9. The van der Waals surface area contributed by atoms with Gasteiger partial charge in [-0.3, -0.25) is 0 Å². The quantitative estimate of drug-likeness (QED) is 0.732. The number of nitrogens with two attached hydrogens (primary N) is 1. The molecule has 18 heavy (non-hydrogen) atoms. The second-order valence-electron chi connectivity index (χ2n) is 4.73. The molecule has 0 aromatic carbocycles. The van der Waals surface area contributed by atoms with Crippen LogP contribution < -0.4 is 5.73 Å². The molecular formula is C12H21N3O3. The van der Waals surface area contributed by atoms with E-state index in [0.717, 1.165) is 25.7 Å². The maximum Gasteiger partial charge on any atom is 0.246 e. The van der Waals surface area contributed by atoms with Gasteiger partial charge in [0.1, 0.15) is 0 Å². The molecule has 1 aromatic heterocycles. The van der Waals surface area contributed by atoms with Crippen LogP contribution in [0.1, 0.15) is 37.4 Å². The Morgan fingerprint density at radius 1 is 1.28 bits per heavy atom. The van der Waals surface area contributed by atoms with Crippen LogP contribution in [0.2, 0.25) is 0 Å². The van der Waals surface area contributed by atoms with Crippen molar-refractivity contribution in [3.8, 4) is 0 Å². The molecule has 0 atom stereocenters. The van der Waals surface area contributed by atoms with Crippen LogP contribution in [0.15, 0.2) is 4.52 Å². The molecule has 2 N–H and O–H groups in total. The van der Waals surface area contributed by atoms with E-state index in [1.54, 1.807) is 7.11 Å². The molecule has 0 amide bonds. The molecule has 0 saturated heterocycles. The fraction of sp³-hybridized carbons (Fsp3) is 0.833. The lowest BCUT2D eigenvalue weighted by Crippen LogP contribution is -2.33. The maximum atomic E-state index is 6.24. The van der Waals surface area contributed by atoms with E-state index in [1.165, 1.54) is 0 Å². The molecule has 0 aliphatic heterocycles. The maximum absolute atomic E-state index is 6.24. The molecule has 0 bridgehead atoms. The Morgan fingerprint density at radius 2 is 2.06 bits per heavy atom. The van der Waals surface area contributed by atoms with Gasteiger partial charge < -0.3 is 19.7 Å². The minimum Gasteiger partial charge on any atom is -0.382 e. The predicted octanol–water partition coefficient (Wildman–Crippen LogP) is 1.00. The fourth-order valence-electron chi connectivity index (χ4n) is 2.19. The molecule has 1 aliphatic rings. The molecule has 1 fully saturated rings. The van der Waals surface area contributed by atoms with E-state index in [9.17, 15) is 0 Å². The van der Waals surface area contributed by atoms with Crippen LogP contribution in [-0.4, -0.2) is 37.1 Å². The predicted molar refractivity (Wildman–Crippen MR) is 65.0 cm³/mol. The van der Waals surface area contributed by atoms with Gasteiger partial charge in [0.2, 0.25) is 5.89 Å². The lowest BCUT2D eigenvalue weighted by molar-refractivity contribution is 0.0714. The Balaban J connectivity index is 1.79. The Bertz CT molecular complexity index is 361. The fourth-order valence-corrected chi connectivity index (χ4v) is 2.19. The number of hydrogen-bond donors (Lipinski definition) is 1. The highest BCUT2D eigenvalue weighted by Crippen LogP contribution is 2.35. The molecule has 1 heterocycles. The third-order valence-electron chi connectivity index (χ3n) is 3.29. The van der Waals surface area contributed by atoms with Crippen molar-refractivity contribution in [2.24, 2.45) is 5.73 Å². The number of rotatable bonds is 7. The third-order valence-corrected chi connectivity index (χ3v) is 3.29. The van der Waals surface area contributed by atoms with Crippen LogP contribution in [0, 0.1) is 0 Å². The average molecular weight is 255 g/mol. The van der Waals surface area contributed by atoms with Crippen molar-refractivity contribution in [2.75, 3.05) is 26.9 Å². The lowest BCUT2D eigenvalue weighted by Gasteiger charge is -2.17. The van der Waals surface area contributed by atoms with Crippen LogP contribution in [0.3, 0.4) is 0 Å². The third kappa shape index (κ3) is 3.28. The molecule has 102 valence electrons. The van der Waals surface area contributed by atoms with Gasteiger partial charge in [0.05, 0.1) is 25.4 Å². The van der Waals surface area contributed by atoms with Crippen molar-refractivity contribution in [2.45, 2.75) is 37.6 Å². The number of hydrogen-bond acceptors (Lipinski definition) is 6. The van der Waals surface area contributed by atoms with Gasteiger partial charge in [0.15, 0.2) is 5.82 Å². The molecule has 0 spiro atoms. The Morgan fingerprint density at radius 3 is 2.78 bits per heavy atom. The molecule has 2 rings (SSSR count). The summed E-state index contributed by atoms with van der Waals surface area (Å²) >= 11 is 0. The highest BCUT2D eigenvalue weighted by atomic mass is 16.5. The van der Waals surface area contributed by atoms with Gasteiger partial charge in [-0.05, 0) is 12.8 Å². The van der Waals surface area contributed by atoms with Gasteiger partial charge in [-0.2, -0.15) is 4.98 Å². The van der Waals surface area contributed by atoms with Gasteiger partial charge in [-0.25, -0.2) is 0 Å².